The number of carboxylic acids is 1. The molecule has 8 nitrogen and oxygen atoms in total. The van der Waals surface area contributed by atoms with Crippen LogP contribution in [0.2, 0.25) is 0 Å². The van der Waals surface area contributed by atoms with E-state index < -0.39 is 17.4 Å². The minimum absolute atomic E-state index is 0.0103. The summed E-state index contributed by atoms with van der Waals surface area (Å²) >= 11 is 0. The van der Waals surface area contributed by atoms with Gasteiger partial charge >= 0.3 is 5.97 Å². The molecule has 0 heterocycles. The molecular weight excluding hydrogens is 340 g/mol. The molecule has 2 rings (SSSR count). The monoisotopic (exact) mass is 364 g/mol. The van der Waals surface area contributed by atoms with Crippen molar-refractivity contribution in [2.45, 2.75) is 31.7 Å². The predicted molar refractivity (Wildman–Crippen MR) is 94.0 cm³/mol. The number of amides is 2. The molecule has 1 unspecified atom stereocenters. The van der Waals surface area contributed by atoms with E-state index in [1.807, 2.05) is 0 Å². The van der Waals surface area contributed by atoms with E-state index in [4.69, 9.17) is 14.6 Å². The normalized spacial score (nSPS) is 15.6. The molecule has 1 saturated carbocycles. The van der Waals surface area contributed by atoms with Crippen LogP contribution < -0.4 is 15.4 Å². The fourth-order valence-electron chi connectivity index (χ4n) is 2.56. The summed E-state index contributed by atoms with van der Waals surface area (Å²) in [4.78, 5) is 34.8. The van der Waals surface area contributed by atoms with Gasteiger partial charge in [0.1, 0.15) is 5.75 Å². The average molecular weight is 364 g/mol. The van der Waals surface area contributed by atoms with Gasteiger partial charge in [-0.15, -0.1) is 0 Å². The zero-order valence-corrected chi connectivity index (χ0v) is 14.9. The van der Waals surface area contributed by atoms with E-state index in [2.05, 4.69) is 10.6 Å². The van der Waals surface area contributed by atoms with Gasteiger partial charge in [0, 0.05) is 24.8 Å². The van der Waals surface area contributed by atoms with Gasteiger partial charge in [0.15, 0.2) is 6.61 Å². The van der Waals surface area contributed by atoms with Crippen LogP contribution in [0.1, 0.15) is 26.2 Å². The Morgan fingerprint density at radius 3 is 2.65 bits per heavy atom. The summed E-state index contributed by atoms with van der Waals surface area (Å²) < 4.78 is 10.4. The Hall–Kier alpha value is -2.61. The Kier molecular flexibility index (Phi) is 6.57. The first-order valence-corrected chi connectivity index (χ1v) is 8.37. The Bertz CT molecular complexity index is 673. The quantitative estimate of drug-likeness (QED) is 0.578. The second-order valence-corrected chi connectivity index (χ2v) is 6.69. The number of methoxy groups -OCH3 is 1. The minimum atomic E-state index is -1.04. The van der Waals surface area contributed by atoms with Gasteiger partial charge in [0.05, 0.1) is 18.6 Å². The SMILES string of the molecule is COCC(C)(CC(=O)O)NC(=O)COc1cccc(NC(=O)C2CC2)c1. The standard InChI is InChI=1S/C18H24N2O6/c1-18(11-25-2,9-16(22)23)20-15(21)10-26-14-5-3-4-13(8-14)19-17(24)12-6-7-12/h3-5,8,12H,6-7,9-11H2,1-2H3,(H,19,24)(H,20,21)(H,22,23). The maximum Gasteiger partial charge on any atom is 0.305 e. The third kappa shape index (κ3) is 6.36. The molecule has 1 aromatic rings. The lowest BCUT2D eigenvalue weighted by Crippen LogP contribution is -2.52. The van der Waals surface area contributed by atoms with Crippen LogP contribution in [0, 0.1) is 5.92 Å². The van der Waals surface area contributed by atoms with Crippen molar-refractivity contribution in [3.8, 4) is 5.75 Å². The Balaban J connectivity index is 1.87. The first-order chi connectivity index (χ1) is 12.3. The Labute approximate surface area is 151 Å². The molecule has 1 atom stereocenters. The lowest BCUT2D eigenvalue weighted by atomic mass is 9.99. The van der Waals surface area contributed by atoms with E-state index in [9.17, 15) is 14.4 Å². The summed E-state index contributed by atoms with van der Waals surface area (Å²) in [7, 11) is 1.43. The molecule has 0 radical (unpaired) electrons. The molecule has 0 saturated heterocycles. The van der Waals surface area contributed by atoms with Crippen LogP contribution in [0.3, 0.4) is 0 Å². The van der Waals surface area contributed by atoms with Crippen LogP contribution in [-0.2, 0) is 19.1 Å². The minimum Gasteiger partial charge on any atom is -0.484 e. The summed E-state index contributed by atoms with van der Waals surface area (Å²) in [5.74, 6) is -0.981. The number of carbonyl (C=O) groups is 3. The highest BCUT2D eigenvalue weighted by Gasteiger charge is 2.30. The third-order valence-corrected chi connectivity index (χ3v) is 3.87. The molecule has 8 heteroatoms. The topological polar surface area (TPSA) is 114 Å². The molecule has 1 aliphatic carbocycles. The van der Waals surface area contributed by atoms with Gasteiger partial charge in [-0.1, -0.05) is 6.07 Å². The number of hydrogen-bond donors (Lipinski definition) is 3. The van der Waals surface area contributed by atoms with Crippen LogP contribution >= 0.6 is 0 Å². The first kappa shape index (κ1) is 19.7. The van der Waals surface area contributed by atoms with E-state index in [1.54, 1.807) is 31.2 Å². The highest BCUT2D eigenvalue weighted by Crippen LogP contribution is 2.30. The number of ether oxygens (including phenoxy) is 2. The molecule has 0 aromatic heterocycles. The van der Waals surface area contributed by atoms with Gasteiger partial charge in [0.2, 0.25) is 5.91 Å². The van der Waals surface area contributed by atoms with Crippen LogP contribution in [0.15, 0.2) is 24.3 Å². The van der Waals surface area contributed by atoms with Crippen molar-refractivity contribution in [2.75, 3.05) is 25.6 Å². The van der Waals surface area contributed by atoms with Crippen molar-refractivity contribution < 1.29 is 29.0 Å². The lowest BCUT2D eigenvalue weighted by Gasteiger charge is -2.28. The number of benzene rings is 1. The van der Waals surface area contributed by atoms with Gasteiger partial charge in [-0.2, -0.15) is 0 Å². The number of anilines is 1. The summed E-state index contributed by atoms with van der Waals surface area (Å²) in [6.07, 6.45) is 1.56. The number of rotatable bonds is 10. The molecule has 3 N–H and O–H groups in total. The number of carboxylic acid groups (broad SMARTS) is 1. The van der Waals surface area contributed by atoms with Crippen molar-refractivity contribution in [3.05, 3.63) is 24.3 Å². The van der Waals surface area contributed by atoms with Gasteiger partial charge in [-0.25, -0.2) is 0 Å². The molecule has 142 valence electrons. The molecule has 2 amide bonds. The van der Waals surface area contributed by atoms with Crippen molar-refractivity contribution >= 4 is 23.5 Å². The largest absolute Gasteiger partial charge is 0.484 e. The average Bonchev–Trinajstić information content (AvgIpc) is 3.37. The molecule has 0 spiro atoms. The Morgan fingerprint density at radius 2 is 2.04 bits per heavy atom. The lowest BCUT2D eigenvalue weighted by molar-refractivity contribution is -0.140. The maximum atomic E-state index is 12.1. The fraction of sp³-hybridized carbons (Fsp3) is 0.500. The molecular formula is C18H24N2O6. The van der Waals surface area contributed by atoms with E-state index in [0.29, 0.717) is 11.4 Å². The van der Waals surface area contributed by atoms with E-state index >= 15 is 0 Å². The number of hydrogen-bond acceptors (Lipinski definition) is 5. The van der Waals surface area contributed by atoms with Crippen molar-refractivity contribution in [1.82, 2.24) is 5.32 Å². The highest BCUT2D eigenvalue weighted by molar-refractivity contribution is 5.94. The molecule has 1 aromatic carbocycles. The summed E-state index contributed by atoms with van der Waals surface area (Å²) in [6, 6.07) is 6.77. The van der Waals surface area contributed by atoms with Gasteiger partial charge in [-0.05, 0) is 31.9 Å². The van der Waals surface area contributed by atoms with Crippen LogP contribution in [0.25, 0.3) is 0 Å². The van der Waals surface area contributed by atoms with Crippen molar-refractivity contribution in [3.63, 3.8) is 0 Å². The van der Waals surface area contributed by atoms with E-state index in [1.165, 1.54) is 7.11 Å². The fourth-order valence-corrected chi connectivity index (χ4v) is 2.56. The van der Waals surface area contributed by atoms with Gasteiger partial charge < -0.3 is 25.2 Å². The second kappa shape index (κ2) is 8.66. The van der Waals surface area contributed by atoms with Crippen molar-refractivity contribution in [2.24, 2.45) is 5.92 Å². The smallest absolute Gasteiger partial charge is 0.305 e. The highest BCUT2D eigenvalue weighted by atomic mass is 16.5. The van der Waals surface area contributed by atoms with Crippen LogP contribution in [-0.4, -0.2) is 48.8 Å². The van der Waals surface area contributed by atoms with Gasteiger partial charge in [-0.3, -0.25) is 14.4 Å². The molecule has 26 heavy (non-hydrogen) atoms. The number of aliphatic carboxylic acids is 1. The Morgan fingerprint density at radius 1 is 1.31 bits per heavy atom. The molecule has 1 fully saturated rings. The van der Waals surface area contributed by atoms with Crippen molar-refractivity contribution in [1.29, 1.82) is 0 Å². The zero-order valence-electron chi connectivity index (χ0n) is 14.9. The second-order valence-electron chi connectivity index (χ2n) is 6.69. The van der Waals surface area contributed by atoms with E-state index in [-0.39, 0.29) is 31.5 Å². The molecule has 0 bridgehead atoms. The predicted octanol–water partition coefficient (Wildman–Crippen LogP) is 1.41. The zero-order chi connectivity index (χ0) is 19.2. The molecule has 1 aliphatic rings. The van der Waals surface area contributed by atoms with E-state index in [0.717, 1.165) is 12.8 Å². The third-order valence-electron chi connectivity index (χ3n) is 3.87. The van der Waals surface area contributed by atoms with Crippen LogP contribution in [0.5, 0.6) is 5.75 Å². The summed E-state index contributed by atoms with van der Waals surface area (Å²) in [5, 5.41) is 14.4. The number of carbonyl (C=O) groups excluding carboxylic acids is 2. The summed E-state index contributed by atoms with van der Waals surface area (Å²) in [6.45, 7) is 1.38. The van der Waals surface area contributed by atoms with Crippen LogP contribution in [0.4, 0.5) is 5.69 Å². The molecule has 0 aliphatic heterocycles. The number of nitrogens with one attached hydrogen (secondary N) is 2. The first-order valence-electron chi connectivity index (χ1n) is 8.37. The van der Waals surface area contributed by atoms with Gasteiger partial charge in [0.25, 0.3) is 5.91 Å². The summed E-state index contributed by atoms with van der Waals surface area (Å²) in [5.41, 5.74) is -0.420. The maximum absolute atomic E-state index is 12.1.